The van der Waals surface area contributed by atoms with E-state index in [1.165, 1.54) is 6.20 Å². The van der Waals surface area contributed by atoms with E-state index in [-0.39, 0.29) is 6.04 Å². The monoisotopic (exact) mass is 302 g/mol. The van der Waals surface area contributed by atoms with E-state index in [1.54, 1.807) is 6.20 Å². The molecule has 1 heterocycles. The Labute approximate surface area is 114 Å². The zero-order chi connectivity index (χ0) is 13.0. The molecule has 1 aromatic carbocycles. The van der Waals surface area contributed by atoms with Gasteiger partial charge in [-0.05, 0) is 24.6 Å². The third-order valence-electron chi connectivity index (χ3n) is 2.53. The summed E-state index contributed by atoms with van der Waals surface area (Å²) in [7, 11) is 0. The van der Waals surface area contributed by atoms with E-state index in [0.29, 0.717) is 11.5 Å². The molecule has 0 spiro atoms. The van der Waals surface area contributed by atoms with Crippen LogP contribution < -0.4 is 5.32 Å². The maximum absolute atomic E-state index is 8.94. The first-order valence-electron chi connectivity index (χ1n) is 5.44. The largest absolute Gasteiger partial charge is 0.361 e. The van der Waals surface area contributed by atoms with Gasteiger partial charge in [0.1, 0.15) is 6.07 Å². The molecule has 4 nitrogen and oxygen atoms in total. The van der Waals surface area contributed by atoms with Gasteiger partial charge < -0.3 is 5.32 Å². The molecule has 0 amide bonds. The Balaban J connectivity index is 2.19. The fourth-order valence-electron chi connectivity index (χ4n) is 1.57. The lowest BCUT2D eigenvalue weighted by atomic mass is 10.1. The molecule has 0 saturated heterocycles. The summed E-state index contributed by atoms with van der Waals surface area (Å²) in [4.78, 5) is 8.09. The lowest BCUT2D eigenvalue weighted by Gasteiger charge is -2.15. The van der Waals surface area contributed by atoms with Gasteiger partial charge in [-0.25, -0.2) is 9.97 Å². The summed E-state index contributed by atoms with van der Waals surface area (Å²) in [5.41, 5.74) is 1.43. The van der Waals surface area contributed by atoms with Gasteiger partial charge in [0.15, 0.2) is 11.5 Å². The van der Waals surface area contributed by atoms with Crippen molar-refractivity contribution >= 4 is 21.7 Å². The second-order valence-corrected chi connectivity index (χ2v) is 4.70. The molecule has 0 aliphatic heterocycles. The van der Waals surface area contributed by atoms with E-state index in [1.807, 2.05) is 37.3 Å². The molecule has 0 radical (unpaired) electrons. The van der Waals surface area contributed by atoms with Crippen LogP contribution in [0.25, 0.3) is 0 Å². The molecule has 0 aliphatic rings. The third-order valence-corrected chi connectivity index (χ3v) is 3.06. The minimum Gasteiger partial charge on any atom is -0.361 e. The van der Waals surface area contributed by atoms with Crippen LogP contribution in [0.2, 0.25) is 0 Å². The maximum atomic E-state index is 8.94. The fourth-order valence-corrected chi connectivity index (χ4v) is 1.83. The number of nitrogens with one attached hydrogen (secondary N) is 1. The Morgan fingerprint density at radius 3 is 2.56 bits per heavy atom. The minimum absolute atomic E-state index is 0.0573. The highest BCUT2D eigenvalue weighted by atomic mass is 79.9. The van der Waals surface area contributed by atoms with E-state index in [4.69, 9.17) is 5.26 Å². The molecular formula is C13H11BrN4. The number of hydrogen-bond acceptors (Lipinski definition) is 4. The summed E-state index contributed by atoms with van der Waals surface area (Å²) in [6.07, 6.45) is 3.07. The van der Waals surface area contributed by atoms with Crippen molar-refractivity contribution in [3.05, 3.63) is 52.4 Å². The van der Waals surface area contributed by atoms with Crippen LogP contribution in [0.3, 0.4) is 0 Å². The smallest absolute Gasteiger partial charge is 0.182 e. The fraction of sp³-hybridized carbons (Fsp3) is 0.154. The molecule has 2 rings (SSSR count). The molecule has 18 heavy (non-hydrogen) atoms. The zero-order valence-electron chi connectivity index (χ0n) is 9.76. The quantitative estimate of drug-likeness (QED) is 0.945. The molecule has 1 atom stereocenters. The Morgan fingerprint density at radius 2 is 1.89 bits per heavy atom. The van der Waals surface area contributed by atoms with Crippen molar-refractivity contribution in [2.24, 2.45) is 0 Å². The summed E-state index contributed by atoms with van der Waals surface area (Å²) < 4.78 is 1.04. The average molecular weight is 303 g/mol. The van der Waals surface area contributed by atoms with Crippen molar-refractivity contribution in [3.63, 3.8) is 0 Å². The Bertz CT molecular complexity index is 574. The van der Waals surface area contributed by atoms with Gasteiger partial charge in [-0.15, -0.1) is 0 Å². The van der Waals surface area contributed by atoms with Crippen molar-refractivity contribution in [1.29, 1.82) is 5.26 Å². The molecule has 1 aromatic heterocycles. The second kappa shape index (κ2) is 5.61. The summed E-state index contributed by atoms with van der Waals surface area (Å²) in [6, 6.07) is 10.1. The number of nitrogens with zero attached hydrogens (tertiary/aromatic N) is 3. The molecule has 0 saturated carbocycles. The van der Waals surface area contributed by atoms with E-state index in [9.17, 15) is 0 Å². The molecule has 1 unspecified atom stereocenters. The van der Waals surface area contributed by atoms with Gasteiger partial charge in [-0.2, -0.15) is 5.26 Å². The van der Waals surface area contributed by atoms with Gasteiger partial charge in [0.25, 0.3) is 0 Å². The molecular weight excluding hydrogens is 292 g/mol. The summed E-state index contributed by atoms with van der Waals surface area (Å²) in [5.74, 6) is 0.510. The minimum atomic E-state index is 0.0573. The SMILES string of the molecule is CC(Nc1nccnc1C#N)c1ccc(Br)cc1. The Hall–Kier alpha value is -1.93. The first-order valence-corrected chi connectivity index (χ1v) is 6.23. The number of aromatic nitrogens is 2. The van der Waals surface area contributed by atoms with E-state index < -0.39 is 0 Å². The third kappa shape index (κ3) is 2.84. The van der Waals surface area contributed by atoms with Crippen LogP contribution in [0.4, 0.5) is 5.82 Å². The average Bonchev–Trinajstić information content (AvgIpc) is 2.40. The van der Waals surface area contributed by atoms with Crippen LogP contribution in [0.1, 0.15) is 24.2 Å². The zero-order valence-corrected chi connectivity index (χ0v) is 11.3. The molecule has 0 aliphatic carbocycles. The van der Waals surface area contributed by atoms with E-state index >= 15 is 0 Å². The van der Waals surface area contributed by atoms with Crippen LogP contribution in [-0.4, -0.2) is 9.97 Å². The van der Waals surface area contributed by atoms with Crippen LogP contribution in [0.15, 0.2) is 41.1 Å². The number of halogens is 1. The number of benzene rings is 1. The van der Waals surface area contributed by atoms with Gasteiger partial charge in [0.05, 0.1) is 6.04 Å². The van der Waals surface area contributed by atoms with Crippen LogP contribution in [0, 0.1) is 11.3 Å². The first-order chi connectivity index (χ1) is 8.70. The number of anilines is 1. The molecule has 90 valence electrons. The van der Waals surface area contributed by atoms with Gasteiger partial charge in [-0.3, -0.25) is 0 Å². The second-order valence-electron chi connectivity index (χ2n) is 3.78. The molecule has 0 bridgehead atoms. The standard InChI is InChI=1S/C13H11BrN4/c1-9(10-2-4-11(14)5-3-10)18-13-12(8-15)16-6-7-17-13/h2-7,9H,1H3,(H,17,18). The topological polar surface area (TPSA) is 61.6 Å². The van der Waals surface area contributed by atoms with Crippen molar-refractivity contribution in [2.45, 2.75) is 13.0 Å². The van der Waals surface area contributed by atoms with Gasteiger partial charge in [0, 0.05) is 16.9 Å². The van der Waals surface area contributed by atoms with Crippen LogP contribution >= 0.6 is 15.9 Å². The van der Waals surface area contributed by atoms with Gasteiger partial charge in [-0.1, -0.05) is 28.1 Å². The Kier molecular flexibility index (Phi) is 3.90. The van der Waals surface area contributed by atoms with Crippen molar-refractivity contribution < 1.29 is 0 Å². The van der Waals surface area contributed by atoms with Gasteiger partial charge >= 0.3 is 0 Å². The van der Waals surface area contributed by atoms with Crippen molar-refractivity contribution in [3.8, 4) is 6.07 Å². The lowest BCUT2D eigenvalue weighted by Crippen LogP contribution is -2.09. The van der Waals surface area contributed by atoms with Crippen molar-refractivity contribution in [1.82, 2.24) is 9.97 Å². The first kappa shape index (κ1) is 12.5. The summed E-state index contributed by atoms with van der Waals surface area (Å²) in [6.45, 7) is 2.01. The van der Waals surface area contributed by atoms with Crippen molar-refractivity contribution in [2.75, 3.05) is 5.32 Å². The molecule has 2 aromatic rings. The van der Waals surface area contributed by atoms with E-state index in [2.05, 4.69) is 31.2 Å². The van der Waals surface area contributed by atoms with Gasteiger partial charge in [0.2, 0.25) is 0 Å². The Morgan fingerprint density at radius 1 is 1.22 bits per heavy atom. The summed E-state index contributed by atoms with van der Waals surface area (Å²) in [5, 5.41) is 12.1. The predicted molar refractivity (Wildman–Crippen MR) is 72.9 cm³/mol. The summed E-state index contributed by atoms with van der Waals surface area (Å²) >= 11 is 3.40. The molecule has 1 N–H and O–H groups in total. The highest BCUT2D eigenvalue weighted by molar-refractivity contribution is 9.10. The van der Waals surface area contributed by atoms with Crippen LogP contribution in [-0.2, 0) is 0 Å². The lowest BCUT2D eigenvalue weighted by molar-refractivity contribution is 0.869. The number of nitriles is 1. The van der Waals surface area contributed by atoms with E-state index in [0.717, 1.165) is 10.0 Å². The predicted octanol–water partition coefficient (Wildman–Crippen LogP) is 3.28. The highest BCUT2D eigenvalue weighted by Gasteiger charge is 2.09. The number of rotatable bonds is 3. The highest BCUT2D eigenvalue weighted by Crippen LogP contribution is 2.20. The maximum Gasteiger partial charge on any atom is 0.182 e. The number of hydrogen-bond donors (Lipinski definition) is 1. The normalized spacial score (nSPS) is 11.6. The molecule has 0 fully saturated rings. The molecule has 5 heteroatoms. The van der Waals surface area contributed by atoms with Crippen LogP contribution in [0.5, 0.6) is 0 Å².